The van der Waals surface area contributed by atoms with Crippen molar-refractivity contribution < 1.29 is 14.0 Å². The number of oxazole rings is 1. The van der Waals surface area contributed by atoms with Gasteiger partial charge in [0.25, 0.3) is 11.8 Å². The van der Waals surface area contributed by atoms with E-state index in [1.807, 2.05) is 6.92 Å². The third-order valence-corrected chi connectivity index (χ3v) is 3.82. The van der Waals surface area contributed by atoms with Gasteiger partial charge in [-0.15, -0.1) is 0 Å². The van der Waals surface area contributed by atoms with Crippen LogP contribution in [0.15, 0.2) is 65.5 Å². The van der Waals surface area contributed by atoms with Gasteiger partial charge in [0.1, 0.15) is 0 Å². The topological polar surface area (TPSA) is 84.2 Å². The second-order valence-corrected chi connectivity index (χ2v) is 5.70. The molecule has 1 aromatic heterocycles. The van der Waals surface area contributed by atoms with E-state index in [1.54, 1.807) is 54.7 Å². The largest absolute Gasteiger partial charge is 0.444 e. The van der Waals surface area contributed by atoms with Crippen molar-refractivity contribution in [1.82, 2.24) is 10.3 Å². The molecule has 2 amide bonds. The van der Waals surface area contributed by atoms with Crippen LogP contribution in [0.4, 0.5) is 5.69 Å². The van der Waals surface area contributed by atoms with Gasteiger partial charge >= 0.3 is 0 Å². The highest BCUT2D eigenvalue weighted by Crippen LogP contribution is 2.20. The van der Waals surface area contributed by atoms with Crippen molar-refractivity contribution in [3.8, 4) is 11.3 Å². The zero-order valence-electron chi connectivity index (χ0n) is 14.4. The number of carbonyl (C=O) groups excluding carboxylic acids is 2. The van der Waals surface area contributed by atoms with Crippen LogP contribution in [0.5, 0.6) is 0 Å². The summed E-state index contributed by atoms with van der Waals surface area (Å²) >= 11 is 0. The van der Waals surface area contributed by atoms with E-state index in [4.69, 9.17) is 4.42 Å². The van der Waals surface area contributed by atoms with E-state index in [-0.39, 0.29) is 11.8 Å². The van der Waals surface area contributed by atoms with E-state index in [0.717, 1.165) is 12.0 Å². The van der Waals surface area contributed by atoms with E-state index >= 15 is 0 Å². The fourth-order valence-corrected chi connectivity index (χ4v) is 2.46. The van der Waals surface area contributed by atoms with Crippen LogP contribution >= 0.6 is 0 Å². The van der Waals surface area contributed by atoms with Crippen molar-refractivity contribution in [2.45, 2.75) is 13.3 Å². The zero-order chi connectivity index (χ0) is 18.4. The summed E-state index contributed by atoms with van der Waals surface area (Å²) in [4.78, 5) is 28.6. The quantitative estimate of drug-likeness (QED) is 0.710. The normalized spacial score (nSPS) is 10.3. The molecule has 6 heteroatoms. The molecule has 6 nitrogen and oxygen atoms in total. The van der Waals surface area contributed by atoms with Crippen LogP contribution in [0.2, 0.25) is 0 Å². The Morgan fingerprint density at radius 3 is 2.50 bits per heavy atom. The Labute approximate surface area is 151 Å². The smallest absolute Gasteiger partial charge is 0.255 e. The maximum Gasteiger partial charge on any atom is 0.255 e. The van der Waals surface area contributed by atoms with Crippen LogP contribution < -0.4 is 10.6 Å². The van der Waals surface area contributed by atoms with Gasteiger partial charge in [-0.05, 0) is 30.7 Å². The molecule has 0 aliphatic carbocycles. The molecule has 0 atom stereocenters. The van der Waals surface area contributed by atoms with Crippen LogP contribution in [0, 0.1) is 0 Å². The molecule has 0 bridgehead atoms. The van der Waals surface area contributed by atoms with Gasteiger partial charge in [0.15, 0.2) is 12.2 Å². The first-order valence-electron chi connectivity index (χ1n) is 8.36. The number of nitrogens with zero attached hydrogens (tertiary/aromatic N) is 1. The Morgan fingerprint density at radius 2 is 1.81 bits per heavy atom. The van der Waals surface area contributed by atoms with Crippen molar-refractivity contribution in [1.29, 1.82) is 0 Å². The van der Waals surface area contributed by atoms with Crippen molar-refractivity contribution in [2.75, 3.05) is 11.9 Å². The van der Waals surface area contributed by atoms with Gasteiger partial charge in [0.05, 0.1) is 17.4 Å². The average molecular weight is 349 g/mol. The molecule has 0 unspecified atom stereocenters. The summed E-state index contributed by atoms with van der Waals surface area (Å²) in [5.41, 5.74) is 2.23. The molecule has 0 radical (unpaired) electrons. The number of aromatic nitrogens is 1. The van der Waals surface area contributed by atoms with Crippen LogP contribution in [-0.4, -0.2) is 23.3 Å². The highest BCUT2D eigenvalue weighted by atomic mass is 16.3. The summed E-state index contributed by atoms with van der Waals surface area (Å²) in [6.07, 6.45) is 3.81. The minimum absolute atomic E-state index is 0.205. The number of hydrogen-bond acceptors (Lipinski definition) is 4. The number of hydrogen-bond donors (Lipinski definition) is 2. The summed E-state index contributed by atoms with van der Waals surface area (Å²) < 4.78 is 5.23. The predicted octanol–water partition coefficient (Wildman–Crippen LogP) is 3.73. The molecule has 0 aliphatic heterocycles. The van der Waals surface area contributed by atoms with Crippen molar-refractivity contribution in [3.63, 3.8) is 0 Å². The lowest BCUT2D eigenvalue weighted by Crippen LogP contribution is -2.25. The van der Waals surface area contributed by atoms with E-state index in [2.05, 4.69) is 15.6 Å². The average Bonchev–Trinajstić information content (AvgIpc) is 3.21. The fraction of sp³-hybridized carbons (Fsp3) is 0.150. The monoisotopic (exact) mass is 349 g/mol. The SMILES string of the molecule is CCCNC(=O)c1ccccc1NC(=O)c1ccc(-c2cnco2)cc1. The molecular formula is C20H19N3O3. The van der Waals surface area contributed by atoms with Gasteiger partial charge in [-0.1, -0.05) is 31.2 Å². The maximum atomic E-state index is 12.5. The van der Waals surface area contributed by atoms with Crippen LogP contribution in [0.25, 0.3) is 11.3 Å². The molecule has 26 heavy (non-hydrogen) atoms. The number of anilines is 1. The molecule has 0 saturated carbocycles. The molecule has 0 fully saturated rings. The minimum Gasteiger partial charge on any atom is -0.444 e. The van der Waals surface area contributed by atoms with E-state index in [9.17, 15) is 9.59 Å². The first-order valence-corrected chi connectivity index (χ1v) is 8.36. The molecule has 132 valence electrons. The lowest BCUT2D eigenvalue weighted by Gasteiger charge is -2.11. The van der Waals surface area contributed by atoms with Crippen LogP contribution in [-0.2, 0) is 0 Å². The second kappa shape index (κ2) is 8.11. The summed E-state index contributed by atoms with van der Waals surface area (Å²) in [5.74, 6) is 0.142. The first kappa shape index (κ1) is 17.4. The van der Waals surface area contributed by atoms with E-state index in [0.29, 0.717) is 29.1 Å². The molecule has 0 saturated heterocycles. The van der Waals surface area contributed by atoms with Gasteiger partial charge in [-0.2, -0.15) is 0 Å². The van der Waals surface area contributed by atoms with Gasteiger partial charge < -0.3 is 15.1 Å². The van der Waals surface area contributed by atoms with E-state index < -0.39 is 0 Å². The maximum absolute atomic E-state index is 12.5. The number of rotatable bonds is 6. The molecule has 3 aromatic rings. The highest BCUT2D eigenvalue weighted by Gasteiger charge is 2.14. The Bertz CT molecular complexity index is 887. The fourth-order valence-electron chi connectivity index (χ4n) is 2.46. The van der Waals surface area contributed by atoms with Crippen LogP contribution in [0.1, 0.15) is 34.1 Å². The number of para-hydroxylation sites is 1. The Kier molecular flexibility index (Phi) is 5.43. The molecule has 0 spiro atoms. The Balaban J connectivity index is 1.75. The molecule has 0 aliphatic rings. The summed E-state index contributed by atoms with van der Waals surface area (Å²) in [5, 5.41) is 5.62. The van der Waals surface area contributed by atoms with Crippen molar-refractivity contribution in [2.24, 2.45) is 0 Å². The number of amides is 2. The van der Waals surface area contributed by atoms with Gasteiger partial charge in [-0.25, -0.2) is 4.98 Å². The molecule has 2 aromatic carbocycles. The number of benzene rings is 2. The number of nitrogens with one attached hydrogen (secondary N) is 2. The summed E-state index contributed by atoms with van der Waals surface area (Å²) in [7, 11) is 0. The molecular weight excluding hydrogens is 330 g/mol. The lowest BCUT2D eigenvalue weighted by molar-refractivity contribution is 0.0954. The Morgan fingerprint density at radius 1 is 1.04 bits per heavy atom. The highest BCUT2D eigenvalue weighted by molar-refractivity contribution is 6.09. The van der Waals surface area contributed by atoms with E-state index in [1.165, 1.54) is 6.39 Å². The molecule has 2 N–H and O–H groups in total. The first-order chi connectivity index (χ1) is 12.7. The van der Waals surface area contributed by atoms with Gasteiger partial charge in [0.2, 0.25) is 0 Å². The minimum atomic E-state index is -0.287. The molecule has 1 heterocycles. The molecule has 3 rings (SSSR count). The van der Waals surface area contributed by atoms with Crippen molar-refractivity contribution in [3.05, 3.63) is 72.2 Å². The summed E-state index contributed by atoms with van der Waals surface area (Å²) in [6, 6.07) is 13.9. The standard InChI is InChI=1S/C20H19N3O3/c1-2-11-22-20(25)16-5-3-4-6-17(16)23-19(24)15-9-7-14(8-10-15)18-12-21-13-26-18/h3-10,12-13H,2,11H2,1H3,(H,22,25)(H,23,24). The Hall–Kier alpha value is -3.41. The summed E-state index contributed by atoms with van der Waals surface area (Å²) in [6.45, 7) is 2.57. The third kappa shape index (κ3) is 3.97. The predicted molar refractivity (Wildman–Crippen MR) is 99.0 cm³/mol. The van der Waals surface area contributed by atoms with Crippen molar-refractivity contribution >= 4 is 17.5 Å². The van der Waals surface area contributed by atoms with Gasteiger partial charge in [-0.3, -0.25) is 9.59 Å². The zero-order valence-corrected chi connectivity index (χ0v) is 14.4. The second-order valence-electron chi connectivity index (χ2n) is 5.70. The van der Waals surface area contributed by atoms with Gasteiger partial charge in [0, 0.05) is 17.7 Å². The third-order valence-electron chi connectivity index (χ3n) is 3.82. The van der Waals surface area contributed by atoms with Crippen LogP contribution in [0.3, 0.4) is 0 Å². The lowest BCUT2D eigenvalue weighted by atomic mass is 10.1. The number of carbonyl (C=O) groups is 2.